The van der Waals surface area contributed by atoms with Crippen LogP contribution in [-0.4, -0.2) is 11.7 Å². The van der Waals surface area contributed by atoms with E-state index in [9.17, 15) is 9.18 Å². The number of nitriles is 1. The summed E-state index contributed by atoms with van der Waals surface area (Å²) < 4.78 is 13.8. The maximum Gasteiger partial charge on any atom is 0.256 e. The van der Waals surface area contributed by atoms with Crippen molar-refractivity contribution >= 4 is 23.4 Å². The summed E-state index contributed by atoms with van der Waals surface area (Å²) in [5, 5.41) is 11.2. The van der Waals surface area contributed by atoms with Crippen LogP contribution in [-0.2, 0) is 0 Å². The maximum absolute atomic E-state index is 13.8. The molecular weight excluding hydrogens is 287 g/mol. The number of carbonyl (C=O) groups excluding carboxylic acids is 1. The highest BCUT2D eigenvalue weighted by molar-refractivity contribution is 7.99. The highest BCUT2D eigenvalue weighted by atomic mass is 32.2. The third-order valence-electron chi connectivity index (χ3n) is 2.80. The SMILES string of the molecule is Cc1ccc(NC(=O)c2ccccc2SCC#N)c(F)c1. The first-order valence-electron chi connectivity index (χ1n) is 6.28. The third-order valence-corrected chi connectivity index (χ3v) is 3.74. The zero-order valence-electron chi connectivity index (χ0n) is 11.4. The highest BCUT2D eigenvalue weighted by Gasteiger charge is 2.13. The molecule has 2 rings (SSSR count). The molecule has 1 amide bonds. The molecule has 21 heavy (non-hydrogen) atoms. The number of hydrogen-bond donors (Lipinski definition) is 1. The number of amides is 1. The van der Waals surface area contributed by atoms with Crippen LogP contribution in [0.2, 0.25) is 0 Å². The molecule has 0 aliphatic rings. The van der Waals surface area contributed by atoms with Gasteiger partial charge in [-0.15, -0.1) is 11.8 Å². The van der Waals surface area contributed by atoms with Crippen molar-refractivity contribution in [1.82, 2.24) is 0 Å². The molecule has 0 saturated carbocycles. The largest absolute Gasteiger partial charge is 0.319 e. The second-order valence-electron chi connectivity index (χ2n) is 4.38. The minimum absolute atomic E-state index is 0.144. The molecule has 2 aromatic rings. The number of benzene rings is 2. The predicted molar refractivity (Wildman–Crippen MR) is 81.9 cm³/mol. The van der Waals surface area contributed by atoms with E-state index < -0.39 is 11.7 Å². The summed E-state index contributed by atoms with van der Waals surface area (Å²) in [6, 6.07) is 13.6. The number of carbonyl (C=O) groups is 1. The lowest BCUT2D eigenvalue weighted by Gasteiger charge is -2.10. The first-order valence-corrected chi connectivity index (χ1v) is 7.26. The molecule has 106 valence electrons. The fraction of sp³-hybridized carbons (Fsp3) is 0.125. The van der Waals surface area contributed by atoms with Gasteiger partial charge in [0, 0.05) is 4.90 Å². The van der Waals surface area contributed by atoms with Crippen LogP contribution in [0.3, 0.4) is 0 Å². The van der Waals surface area contributed by atoms with Crippen LogP contribution >= 0.6 is 11.8 Å². The Morgan fingerprint density at radius 3 is 2.81 bits per heavy atom. The summed E-state index contributed by atoms with van der Waals surface area (Å²) in [4.78, 5) is 13.0. The average Bonchev–Trinajstić information content (AvgIpc) is 2.48. The van der Waals surface area contributed by atoms with Gasteiger partial charge in [0.2, 0.25) is 0 Å². The Morgan fingerprint density at radius 1 is 1.33 bits per heavy atom. The van der Waals surface area contributed by atoms with Crippen molar-refractivity contribution in [3.63, 3.8) is 0 Å². The number of aryl methyl sites for hydroxylation is 1. The first kappa shape index (κ1) is 15.1. The van der Waals surface area contributed by atoms with E-state index in [-0.39, 0.29) is 11.4 Å². The van der Waals surface area contributed by atoms with E-state index in [0.29, 0.717) is 10.5 Å². The van der Waals surface area contributed by atoms with Gasteiger partial charge < -0.3 is 5.32 Å². The van der Waals surface area contributed by atoms with Gasteiger partial charge in [0.15, 0.2) is 0 Å². The Hall–Kier alpha value is -2.32. The molecular formula is C16H13FN2OS. The molecule has 0 heterocycles. The molecule has 0 unspecified atom stereocenters. The van der Waals surface area contributed by atoms with E-state index in [1.807, 2.05) is 6.07 Å². The summed E-state index contributed by atoms with van der Waals surface area (Å²) in [7, 11) is 0. The number of halogens is 1. The highest BCUT2D eigenvalue weighted by Crippen LogP contribution is 2.24. The first-order chi connectivity index (χ1) is 10.1. The molecule has 0 spiro atoms. The van der Waals surface area contributed by atoms with E-state index in [2.05, 4.69) is 5.32 Å². The van der Waals surface area contributed by atoms with Crippen LogP contribution in [0.4, 0.5) is 10.1 Å². The van der Waals surface area contributed by atoms with Crippen LogP contribution in [0, 0.1) is 24.1 Å². The number of hydrogen-bond acceptors (Lipinski definition) is 3. The molecule has 0 fully saturated rings. The van der Waals surface area contributed by atoms with Crippen molar-refractivity contribution in [2.75, 3.05) is 11.1 Å². The van der Waals surface area contributed by atoms with Gasteiger partial charge in [-0.2, -0.15) is 5.26 Å². The second-order valence-corrected chi connectivity index (χ2v) is 5.40. The molecule has 0 aliphatic carbocycles. The maximum atomic E-state index is 13.8. The van der Waals surface area contributed by atoms with Crippen molar-refractivity contribution in [2.45, 2.75) is 11.8 Å². The van der Waals surface area contributed by atoms with Crippen molar-refractivity contribution in [1.29, 1.82) is 5.26 Å². The number of nitrogens with one attached hydrogen (secondary N) is 1. The van der Waals surface area contributed by atoms with Crippen molar-refractivity contribution in [2.24, 2.45) is 0 Å². The summed E-state index contributed by atoms with van der Waals surface area (Å²) in [6.45, 7) is 1.78. The number of rotatable bonds is 4. The molecule has 0 aliphatic heterocycles. The molecule has 0 saturated heterocycles. The van der Waals surface area contributed by atoms with Crippen molar-refractivity contribution in [3.05, 3.63) is 59.4 Å². The summed E-state index contributed by atoms with van der Waals surface area (Å²) >= 11 is 1.28. The lowest BCUT2D eigenvalue weighted by atomic mass is 10.2. The Morgan fingerprint density at radius 2 is 2.10 bits per heavy atom. The molecule has 0 aromatic heterocycles. The van der Waals surface area contributed by atoms with Gasteiger partial charge in [-0.25, -0.2) is 4.39 Å². The predicted octanol–water partition coefficient (Wildman–Crippen LogP) is 4.00. The molecule has 0 atom stereocenters. The van der Waals surface area contributed by atoms with Crippen LogP contribution < -0.4 is 5.32 Å². The molecule has 5 heteroatoms. The fourth-order valence-electron chi connectivity index (χ4n) is 1.80. The van der Waals surface area contributed by atoms with Crippen molar-refractivity contribution < 1.29 is 9.18 Å². The number of thioether (sulfide) groups is 1. The topological polar surface area (TPSA) is 52.9 Å². The van der Waals surface area contributed by atoms with Gasteiger partial charge in [-0.1, -0.05) is 18.2 Å². The normalized spacial score (nSPS) is 9.95. The number of anilines is 1. The fourth-order valence-corrected chi connectivity index (χ4v) is 2.51. The third kappa shape index (κ3) is 3.83. The van der Waals surface area contributed by atoms with Crippen LogP contribution in [0.1, 0.15) is 15.9 Å². The summed E-state index contributed by atoms with van der Waals surface area (Å²) in [5.41, 5.74) is 1.36. The average molecular weight is 300 g/mol. The lowest BCUT2D eigenvalue weighted by Crippen LogP contribution is -2.14. The quantitative estimate of drug-likeness (QED) is 0.868. The minimum atomic E-state index is -0.467. The van der Waals surface area contributed by atoms with Crippen molar-refractivity contribution in [3.8, 4) is 6.07 Å². The standard InChI is InChI=1S/C16H13FN2OS/c1-11-6-7-14(13(17)10-11)19-16(20)12-4-2-3-5-15(12)21-9-8-18/h2-7,10H,9H2,1H3,(H,19,20). The molecule has 2 aromatic carbocycles. The van der Waals surface area contributed by atoms with Gasteiger partial charge >= 0.3 is 0 Å². The van der Waals surface area contributed by atoms with E-state index in [0.717, 1.165) is 5.56 Å². The van der Waals surface area contributed by atoms with Gasteiger partial charge in [0.25, 0.3) is 5.91 Å². The zero-order valence-corrected chi connectivity index (χ0v) is 12.2. The number of nitrogens with zero attached hydrogens (tertiary/aromatic N) is 1. The lowest BCUT2D eigenvalue weighted by molar-refractivity contribution is 0.102. The Bertz CT molecular complexity index is 710. The van der Waals surface area contributed by atoms with Gasteiger partial charge in [0.05, 0.1) is 23.1 Å². The molecule has 0 radical (unpaired) electrons. The van der Waals surface area contributed by atoms with E-state index in [1.54, 1.807) is 37.3 Å². The zero-order chi connectivity index (χ0) is 15.2. The molecule has 1 N–H and O–H groups in total. The summed E-state index contributed by atoms with van der Waals surface area (Å²) in [5.74, 6) is -0.604. The van der Waals surface area contributed by atoms with E-state index >= 15 is 0 Å². The van der Waals surface area contributed by atoms with E-state index in [1.165, 1.54) is 23.9 Å². The summed E-state index contributed by atoms with van der Waals surface area (Å²) in [6.07, 6.45) is 0. The van der Waals surface area contributed by atoms with Crippen LogP contribution in [0.25, 0.3) is 0 Å². The van der Waals surface area contributed by atoms with Gasteiger partial charge in [-0.3, -0.25) is 4.79 Å². The second kappa shape index (κ2) is 6.91. The van der Waals surface area contributed by atoms with Crippen LogP contribution in [0.5, 0.6) is 0 Å². The molecule has 3 nitrogen and oxygen atoms in total. The van der Waals surface area contributed by atoms with Gasteiger partial charge in [-0.05, 0) is 36.8 Å². The minimum Gasteiger partial charge on any atom is -0.319 e. The van der Waals surface area contributed by atoms with E-state index in [4.69, 9.17) is 5.26 Å². The monoisotopic (exact) mass is 300 g/mol. The smallest absolute Gasteiger partial charge is 0.256 e. The Kier molecular flexibility index (Phi) is 4.96. The Labute approximate surface area is 126 Å². The molecule has 0 bridgehead atoms. The van der Waals surface area contributed by atoms with Crippen LogP contribution in [0.15, 0.2) is 47.4 Å². The van der Waals surface area contributed by atoms with Gasteiger partial charge in [0.1, 0.15) is 5.82 Å². The Balaban J connectivity index is 2.22.